The largest absolute Gasteiger partial charge is 0.322 e. The van der Waals surface area contributed by atoms with E-state index in [1.54, 1.807) is 6.92 Å². The van der Waals surface area contributed by atoms with Gasteiger partial charge in [0.05, 0.1) is 10.5 Å². The molecule has 0 radical (unpaired) electrons. The molecule has 0 spiro atoms. The lowest BCUT2D eigenvalue weighted by Gasteiger charge is -2.28. The van der Waals surface area contributed by atoms with Crippen LogP contribution < -0.4 is 5.32 Å². The van der Waals surface area contributed by atoms with Crippen LogP contribution in [0, 0.1) is 18.6 Å². The maximum atomic E-state index is 14.4. The molecule has 0 saturated carbocycles. The molecule has 3 aromatic rings. The van der Waals surface area contributed by atoms with E-state index in [4.69, 9.17) is 0 Å². The molecular weight excluding hydrogens is 422 g/mol. The van der Waals surface area contributed by atoms with Crippen LogP contribution in [-0.2, 0) is 23.0 Å². The number of fused-ring (bicyclic) bond motifs is 1. The van der Waals surface area contributed by atoms with E-state index in [9.17, 15) is 22.0 Å². The Morgan fingerprint density at radius 3 is 2.45 bits per heavy atom. The zero-order chi connectivity index (χ0) is 22.2. The van der Waals surface area contributed by atoms with Gasteiger partial charge in [-0.05, 0) is 60.4 Å². The molecule has 0 fully saturated rings. The summed E-state index contributed by atoms with van der Waals surface area (Å²) in [6, 6.07) is 14.8. The van der Waals surface area contributed by atoms with Crippen LogP contribution in [0.3, 0.4) is 0 Å². The molecule has 5 nitrogen and oxygen atoms in total. The van der Waals surface area contributed by atoms with Crippen LogP contribution in [-0.4, -0.2) is 25.2 Å². The fraction of sp³-hybridized carbons (Fsp3) is 0.174. The average molecular weight is 442 g/mol. The zero-order valence-electron chi connectivity index (χ0n) is 16.7. The van der Waals surface area contributed by atoms with Crippen LogP contribution in [0.15, 0.2) is 65.6 Å². The number of aryl methyl sites for hydroxylation is 1. The van der Waals surface area contributed by atoms with Crippen molar-refractivity contribution in [2.75, 3.05) is 11.9 Å². The van der Waals surface area contributed by atoms with Gasteiger partial charge in [-0.1, -0.05) is 30.3 Å². The van der Waals surface area contributed by atoms with Crippen LogP contribution in [0.4, 0.5) is 14.5 Å². The SMILES string of the molecule is Cc1ccc(NC(=O)c2cc(S(=O)(=O)N3CCc4ccccc4C3)ccc2F)cc1F. The van der Waals surface area contributed by atoms with Gasteiger partial charge in [0, 0.05) is 18.8 Å². The highest BCUT2D eigenvalue weighted by atomic mass is 32.2. The number of benzene rings is 3. The number of hydrogen-bond acceptors (Lipinski definition) is 3. The van der Waals surface area contributed by atoms with Gasteiger partial charge in [-0.3, -0.25) is 4.79 Å². The molecule has 8 heteroatoms. The van der Waals surface area contributed by atoms with E-state index in [-0.39, 0.29) is 17.1 Å². The lowest BCUT2D eigenvalue weighted by molar-refractivity contribution is 0.102. The minimum absolute atomic E-state index is 0.147. The Bertz CT molecular complexity index is 1280. The number of hydrogen-bond donors (Lipinski definition) is 1. The molecule has 0 aliphatic carbocycles. The molecule has 1 N–H and O–H groups in total. The lowest BCUT2D eigenvalue weighted by atomic mass is 10.0. The maximum absolute atomic E-state index is 14.4. The topological polar surface area (TPSA) is 66.5 Å². The predicted molar refractivity (Wildman–Crippen MR) is 113 cm³/mol. The highest BCUT2D eigenvalue weighted by molar-refractivity contribution is 7.89. The number of anilines is 1. The molecule has 1 amide bonds. The van der Waals surface area contributed by atoms with Gasteiger partial charge >= 0.3 is 0 Å². The summed E-state index contributed by atoms with van der Waals surface area (Å²) in [4.78, 5) is 12.4. The molecule has 1 aliphatic rings. The summed E-state index contributed by atoms with van der Waals surface area (Å²) in [5.41, 5.74) is 2.13. The molecule has 0 bridgehead atoms. The number of amides is 1. The van der Waals surface area contributed by atoms with Crippen molar-refractivity contribution in [3.63, 3.8) is 0 Å². The summed E-state index contributed by atoms with van der Waals surface area (Å²) in [7, 11) is -3.94. The summed E-state index contributed by atoms with van der Waals surface area (Å²) in [5, 5.41) is 2.41. The number of halogens is 2. The second-order valence-corrected chi connectivity index (χ2v) is 9.35. The zero-order valence-corrected chi connectivity index (χ0v) is 17.5. The van der Waals surface area contributed by atoms with Gasteiger partial charge in [0.2, 0.25) is 10.0 Å². The number of nitrogens with one attached hydrogen (secondary N) is 1. The molecule has 1 heterocycles. The smallest absolute Gasteiger partial charge is 0.258 e. The third-order valence-electron chi connectivity index (χ3n) is 5.35. The van der Waals surface area contributed by atoms with Crippen molar-refractivity contribution in [2.45, 2.75) is 24.8 Å². The molecule has 31 heavy (non-hydrogen) atoms. The predicted octanol–water partition coefficient (Wildman–Crippen LogP) is 4.27. The highest BCUT2D eigenvalue weighted by Gasteiger charge is 2.29. The van der Waals surface area contributed by atoms with Crippen LogP contribution in [0.1, 0.15) is 27.0 Å². The number of carbonyl (C=O) groups excluding carboxylic acids is 1. The first-order valence-corrected chi connectivity index (χ1v) is 11.1. The molecule has 4 rings (SSSR count). The van der Waals surface area contributed by atoms with E-state index in [0.29, 0.717) is 18.5 Å². The standard InChI is InChI=1S/C23H20F2N2O3S/c1-15-6-7-18(12-22(15)25)26-23(28)20-13-19(8-9-21(20)24)31(29,30)27-11-10-16-4-2-3-5-17(16)14-27/h2-9,12-13H,10-11,14H2,1H3,(H,26,28). The maximum Gasteiger partial charge on any atom is 0.258 e. The second kappa shape index (κ2) is 8.20. The molecule has 160 valence electrons. The van der Waals surface area contributed by atoms with E-state index < -0.39 is 33.1 Å². The molecule has 0 aromatic heterocycles. The summed E-state index contributed by atoms with van der Waals surface area (Å²) in [5.74, 6) is -2.24. The monoisotopic (exact) mass is 442 g/mol. The van der Waals surface area contributed by atoms with Gasteiger partial charge in [-0.2, -0.15) is 4.31 Å². The molecule has 0 atom stereocenters. The van der Waals surface area contributed by atoms with Gasteiger partial charge < -0.3 is 5.32 Å². The molecule has 0 saturated heterocycles. The molecule has 1 aliphatic heterocycles. The molecule has 3 aromatic carbocycles. The van der Waals surface area contributed by atoms with Gasteiger partial charge in [0.25, 0.3) is 5.91 Å². The van der Waals surface area contributed by atoms with E-state index >= 15 is 0 Å². The van der Waals surface area contributed by atoms with Crippen molar-refractivity contribution in [1.82, 2.24) is 4.31 Å². The van der Waals surface area contributed by atoms with Gasteiger partial charge in [-0.25, -0.2) is 17.2 Å². The minimum Gasteiger partial charge on any atom is -0.322 e. The first kappa shape index (κ1) is 21.1. The van der Waals surface area contributed by atoms with Gasteiger partial charge in [0.15, 0.2) is 0 Å². The van der Waals surface area contributed by atoms with Crippen molar-refractivity contribution in [2.24, 2.45) is 0 Å². The minimum atomic E-state index is -3.94. The van der Waals surface area contributed by atoms with E-state index in [1.807, 2.05) is 24.3 Å². The first-order valence-electron chi connectivity index (χ1n) is 9.70. The van der Waals surface area contributed by atoms with Crippen LogP contribution >= 0.6 is 0 Å². The summed E-state index contributed by atoms with van der Waals surface area (Å²) in [6.45, 7) is 2.08. The third kappa shape index (κ3) is 4.22. The van der Waals surface area contributed by atoms with Crippen molar-refractivity contribution >= 4 is 21.6 Å². The second-order valence-electron chi connectivity index (χ2n) is 7.42. The van der Waals surface area contributed by atoms with Crippen molar-refractivity contribution in [3.05, 3.63) is 94.6 Å². The Morgan fingerprint density at radius 1 is 0.968 bits per heavy atom. The van der Waals surface area contributed by atoms with E-state index in [2.05, 4.69) is 5.32 Å². The van der Waals surface area contributed by atoms with Crippen LogP contribution in [0.25, 0.3) is 0 Å². The average Bonchev–Trinajstić information content (AvgIpc) is 2.76. The summed E-state index contributed by atoms with van der Waals surface area (Å²) in [6.07, 6.45) is 0.572. The van der Waals surface area contributed by atoms with Crippen molar-refractivity contribution in [3.8, 4) is 0 Å². The fourth-order valence-corrected chi connectivity index (χ4v) is 4.98. The Hall–Kier alpha value is -3.10. The summed E-state index contributed by atoms with van der Waals surface area (Å²) < 4.78 is 55.7. The van der Waals surface area contributed by atoms with Crippen molar-refractivity contribution < 1.29 is 22.0 Å². The lowest BCUT2D eigenvalue weighted by Crippen LogP contribution is -2.36. The van der Waals surface area contributed by atoms with Gasteiger partial charge in [-0.15, -0.1) is 0 Å². The summed E-state index contributed by atoms with van der Waals surface area (Å²) >= 11 is 0. The Labute approximate surface area is 179 Å². The number of carbonyl (C=O) groups is 1. The normalized spacial score (nSPS) is 14.2. The number of rotatable bonds is 4. The molecule has 0 unspecified atom stereocenters. The Kier molecular flexibility index (Phi) is 5.60. The van der Waals surface area contributed by atoms with Crippen LogP contribution in [0.5, 0.6) is 0 Å². The third-order valence-corrected chi connectivity index (χ3v) is 7.19. The van der Waals surface area contributed by atoms with Crippen molar-refractivity contribution in [1.29, 1.82) is 0 Å². The Morgan fingerprint density at radius 2 is 1.71 bits per heavy atom. The number of nitrogens with zero attached hydrogens (tertiary/aromatic N) is 1. The quantitative estimate of drug-likeness (QED) is 0.656. The van der Waals surface area contributed by atoms with Crippen LogP contribution in [0.2, 0.25) is 0 Å². The van der Waals surface area contributed by atoms with E-state index in [0.717, 1.165) is 35.4 Å². The first-order chi connectivity index (χ1) is 14.8. The molecular formula is C23H20F2N2O3S. The highest BCUT2D eigenvalue weighted by Crippen LogP contribution is 2.26. The fourth-order valence-electron chi connectivity index (χ4n) is 3.53. The number of sulfonamides is 1. The van der Waals surface area contributed by atoms with Gasteiger partial charge in [0.1, 0.15) is 11.6 Å². The van der Waals surface area contributed by atoms with E-state index in [1.165, 1.54) is 16.4 Å². The Balaban J connectivity index is 1.61.